The van der Waals surface area contributed by atoms with E-state index in [0.717, 1.165) is 0 Å². The van der Waals surface area contributed by atoms with Crippen molar-refractivity contribution in [1.82, 2.24) is 9.97 Å². The molecule has 0 aliphatic rings. The van der Waals surface area contributed by atoms with Gasteiger partial charge in [0, 0.05) is 11.8 Å². The topological polar surface area (TPSA) is 78.5 Å². The van der Waals surface area contributed by atoms with Crippen LogP contribution in [-0.2, 0) is 6.42 Å². The van der Waals surface area contributed by atoms with Crippen molar-refractivity contribution >= 4 is 18.0 Å². The highest BCUT2D eigenvalue weighted by molar-refractivity contribution is 7.71. The van der Waals surface area contributed by atoms with Gasteiger partial charge >= 0.3 is 0 Å². The summed E-state index contributed by atoms with van der Waals surface area (Å²) in [5.41, 5.74) is 6.18. The van der Waals surface area contributed by atoms with Crippen LogP contribution in [0.2, 0.25) is 0 Å². The van der Waals surface area contributed by atoms with E-state index in [1.54, 1.807) is 0 Å². The zero-order valence-corrected chi connectivity index (χ0v) is 6.48. The van der Waals surface area contributed by atoms with Crippen LogP contribution in [0.3, 0.4) is 0 Å². The molecule has 0 atom stereocenters. The van der Waals surface area contributed by atoms with Gasteiger partial charge in [-0.1, -0.05) is 0 Å². The number of aromatic nitrogens is 2. The van der Waals surface area contributed by atoms with Gasteiger partial charge in [-0.3, -0.25) is 0 Å². The first-order valence-electron chi connectivity index (χ1n) is 2.94. The molecule has 0 aliphatic carbocycles. The number of aromatic amines is 1. The molecular weight excluding hydrogens is 160 g/mol. The Kier molecular flexibility index (Phi) is 2.18. The molecule has 1 heterocycles. The van der Waals surface area contributed by atoms with Gasteiger partial charge in [-0.05, 0) is 12.2 Å². The zero-order chi connectivity index (χ0) is 8.27. The lowest BCUT2D eigenvalue weighted by Crippen LogP contribution is -1.98. The fraction of sp³-hybridized carbons (Fsp3) is 0.167. The van der Waals surface area contributed by atoms with E-state index in [1.165, 1.54) is 6.20 Å². The molecule has 0 saturated heterocycles. The Balaban J connectivity index is 3.11. The highest BCUT2D eigenvalue weighted by Gasteiger charge is 1.96. The third kappa shape index (κ3) is 1.75. The monoisotopic (exact) mass is 166 g/mol. The smallest absolute Gasteiger partial charge is 0.198 e. The summed E-state index contributed by atoms with van der Waals surface area (Å²) in [6.07, 6.45) is 1.77. The molecule has 4 nitrogen and oxygen atoms in total. The minimum absolute atomic E-state index is 0.255. The van der Waals surface area contributed by atoms with Crippen LogP contribution in [0.1, 0.15) is 5.56 Å². The Hall–Kier alpha value is -1.41. The van der Waals surface area contributed by atoms with Crippen molar-refractivity contribution in [2.45, 2.75) is 6.42 Å². The van der Waals surface area contributed by atoms with E-state index >= 15 is 0 Å². The van der Waals surface area contributed by atoms with Crippen LogP contribution < -0.4 is 5.73 Å². The molecule has 0 spiro atoms. The van der Waals surface area contributed by atoms with Crippen molar-refractivity contribution in [3.8, 4) is 6.07 Å². The lowest BCUT2D eigenvalue weighted by Gasteiger charge is -1.97. The molecule has 56 valence electrons. The molecule has 5 heteroatoms. The molecule has 0 aliphatic heterocycles. The largest absolute Gasteiger partial charge is 0.385 e. The van der Waals surface area contributed by atoms with E-state index in [-0.39, 0.29) is 6.42 Å². The summed E-state index contributed by atoms with van der Waals surface area (Å²) in [7, 11) is 0. The fourth-order valence-electron chi connectivity index (χ4n) is 0.660. The third-order valence-electron chi connectivity index (χ3n) is 1.19. The number of hydrogen-bond donors (Lipinski definition) is 2. The molecule has 1 rings (SSSR count). The van der Waals surface area contributed by atoms with Crippen molar-refractivity contribution in [2.75, 3.05) is 5.73 Å². The van der Waals surface area contributed by atoms with Gasteiger partial charge in [-0.25, -0.2) is 4.98 Å². The maximum absolute atomic E-state index is 8.34. The van der Waals surface area contributed by atoms with Gasteiger partial charge in [0.05, 0.1) is 12.5 Å². The number of nitrogens with two attached hydrogens (primary N) is 1. The Morgan fingerprint density at radius 1 is 1.82 bits per heavy atom. The van der Waals surface area contributed by atoms with Crippen molar-refractivity contribution < 1.29 is 0 Å². The summed E-state index contributed by atoms with van der Waals surface area (Å²) < 4.78 is 0.337. The first kappa shape index (κ1) is 7.69. The molecule has 0 amide bonds. The summed E-state index contributed by atoms with van der Waals surface area (Å²) in [6, 6.07) is 1.97. The van der Waals surface area contributed by atoms with E-state index in [0.29, 0.717) is 16.2 Å². The van der Waals surface area contributed by atoms with Crippen LogP contribution in [0, 0.1) is 16.1 Å². The Morgan fingerprint density at radius 3 is 3.09 bits per heavy atom. The zero-order valence-electron chi connectivity index (χ0n) is 5.66. The second kappa shape index (κ2) is 3.12. The minimum atomic E-state index is 0.255. The van der Waals surface area contributed by atoms with Crippen LogP contribution in [0.25, 0.3) is 0 Å². The predicted molar refractivity (Wildman–Crippen MR) is 43.2 cm³/mol. The van der Waals surface area contributed by atoms with E-state index in [4.69, 9.17) is 23.2 Å². The first-order chi connectivity index (χ1) is 5.24. The van der Waals surface area contributed by atoms with Gasteiger partial charge in [-0.2, -0.15) is 5.26 Å². The van der Waals surface area contributed by atoms with E-state index in [1.807, 2.05) is 6.07 Å². The maximum Gasteiger partial charge on any atom is 0.198 e. The van der Waals surface area contributed by atoms with Crippen LogP contribution in [0.4, 0.5) is 5.82 Å². The normalized spacial score (nSPS) is 9.00. The second-order valence-corrected chi connectivity index (χ2v) is 2.35. The summed E-state index contributed by atoms with van der Waals surface area (Å²) in [6.45, 7) is 0. The number of nitrogens with zero attached hydrogens (tertiary/aromatic N) is 2. The van der Waals surface area contributed by atoms with Crippen LogP contribution in [0.5, 0.6) is 0 Å². The SMILES string of the molecule is N#CCc1cnc(=S)[nH]c1N. The molecule has 1 aromatic rings. The van der Waals surface area contributed by atoms with Crippen molar-refractivity contribution in [3.63, 3.8) is 0 Å². The molecule has 11 heavy (non-hydrogen) atoms. The van der Waals surface area contributed by atoms with Crippen molar-refractivity contribution in [2.24, 2.45) is 0 Å². The maximum atomic E-state index is 8.34. The average molecular weight is 166 g/mol. The van der Waals surface area contributed by atoms with Gasteiger partial charge in [0.25, 0.3) is 0 Å². The average Bonchev–Trinajstić information content (AvgIpc) is 1.95. The molecular formula is C6H6N4S. The third-order valence-corrected chi connectivity index (χ3v) is 1.40. The van der Waals surface area contributed by atoms with Crippen LogP contribution >= 0.6 is 12.2 Å². The Labute approximate surface area is 68.7 Å². The molecule has 0 fully saturated rings. The van der Waals surface area contributed by atoms with Gasteiger partial charge in [0.15, 0.2) is 4.77 Å². The quantitative estimate of drug-likeness (QED) is 0.604. The number of H-pyrrole nitrogens is 1. The molecule has 0 unspecified atom stereocenters. The minimum Gasteiger partial charge on any atom is -0.385 e. The fourth-order valence-corrected chi connectivity index (χ4v) is 0.823. The summed E-state index contributed by atoms with van der Waals surface area (Å²) in [5, 5.41) is 8.34. The molecule has 0 saturated carbocycles. The first-order valence-corrected chi connectivity index (χ1v) is 3.35. The van der Waals surface area contributed by atoms with Gasteiger partial charge in [0.1, 0.15) is 5.82 Å². The standard InChI is InChI=1S/C6H6N4S/c7-2-1-4-3-9-6(11)10-5(4)8/h3H,1H2,(H3,8,9,10,11). The molecule has 0 aromatic carbocycles. The number of anilines is 1. The Bertz CT molecular complexity index is 348. The highest BCUT2D eigenvalue weighted by Crippen LogP contribution is 2.05. The van der Waals surface area contributed by atoms with Gasteiger partial charge in [-0.15, -0.1) is 0 Å². The summed E-state index contributed by atoms with van der Waals surface area (Å²) >= 11 is 4.71. The number of nitrogen functional groups attached to an aromatic ring is 1. The van der Waals surface area contributed by atoms with E-state index in [2.05, 4.69) is 9.97 Å². The van der Waals surface area contributed by atoms with Crippen LogP contribution in [-0.4, -0.2) is 9.97 Å². The van der Waals surface area contributed by atoms with Crippen molar-refractivity contribution in [3.05, 3.63) is 16.5 Å². The van der Waals surface area contributed by atoms with Crippen LogP contribution in [0.15, 0.2) is 6.20 Å². The number of hydrogen-bond acceptors (Lipinski definition) is 4. The predicted octanol–water partition coefficient (Wildman–Crippen LogP) is 0.787. The highest BCUT2D eigenvalue weighted by atomic mass is 32.1. The number of nitriles is 1. The van der Waals surface area contributed by atoms with Gasteiger partial charge < -0.3 is 10.7 Å². The number of rotatable bonds is 1. The molecule has 3 N–H and O–H groups in total. The number of nitrogens with one attached hydrogen (secondary N) is 1. The summed E-state index contributed by atoms with van der Waals surface area (Å²) in [5.74, 6) is 0.423. The molecule has 1 aromatic heterocycles. The second-order valence-electron chi connectivity index (χ2n) is 1.96. The molecule has 0 bridgehead atoms. The Morgan fingerprint density at radius 2 is 2.55 bits per heavy atom. The lowest BCUT2D eigenvalue weighted by molar-refractivity contribution is 1.08. The molecule has 0 radical (unpaired) electrons. The van der Waals surface area contributed by atoms with E-state index < -0.39 is 0 Å². The van der Waals surface area contributed by atoms with Crippen molar-refractivity contribution in [1.29, 1.82) is 5.26 Å². The van der Waals surface area contributed by atoms with Gasteiger partial charge in [0.2, 0.25) is 0 Å². The summed E-state index contributed by atoms with van der Waals surface area (Å²) in [4.78, 5) is 6.44. The van der Waals surface area contributed by atoms with E-state index in [9.17, 15) is 0 Å². The lowest BCUT2D eigenvalue weighted by atomic mass is 10.2.